The Morgan fingerprint density at radius 3 is 2.24 bits per heavy atom. The monoisotopic (exact) mass is 313 g/mol. The standard InChI is InChI=1S/C13H13F2N3O2S/c14-12-3-11(4-13(15)5-12)8-21(19,20)18-2-1-10-6-16-9-17-7-10/h3-7,9,18H,1-2,8H2. The van der Waals surface area contributed by atoms with Gasteiger partial charge in [0.15, 0.2) is 0 Å². The first kappa shape index (κ1) is 15.5. The van der Waals surface area contributed by atoms with Gasteiger partial charge in [-0.1, -0.05) is 0 Å². The van der Waals surface area contributed by atoms with Crippen molar-refractivity contribution in [2.75, 3.05) is 6.54 Å². The van der Waals surface area contributed by atoms with E-state index in [1.807, 2.05) is 0 Å². The quantitative estimate of drug-likeness (QED) is 0.875. The first-order chi connectivity index (χ1) is 9.94. The summed E-state index contributed by atoms with van der Waals surface area (Å²) in [5.74, 6) is -2.09. The molecule has 0 aliphatic rings. The van der Waals surface area contributed by atoms with Crippen molar-refractivity contribution in [3.8, 4) is 0 Å². The molecule has 1 N–H and O–H groups in total. The van der Waals surface area contributed by atoms with Crippen molar-refractivity contribution in [3.63, 3.8) is 0 Å². The fraction of sp³-hybridized carbons (Fsp3) is 0.231. The van der Waals surface area contributed by atoms with E-state index >= 15 is 0 Å². The summed E-state index contributed by atoms with van der Waals surface area (Å²) in [6.07, 6.45) is 4.98. The van der Waals surface area contributed by atoms with Gasteiger partial charge < -0.3 is 0 Å². The third kappa shape index (κ3) is 5.16. The number of nitrogens with one attached hydrogen (secondary N) is 1. The first-order valence-electron chi connectivity index (χ1n) is 6.11. The Bertz CT molecular complexity index is 688. The summed E-state index contributed by atoms with van der Waals surface area (Å²) >= 11 is 0. The van der Waals surface area contributed by atoms with Crippen molar-refractivity contribution in [1.82, 2.24) is 14.7 Å². The number of sulfonamides is 1. The SMILES string of the molecule is O=S(=O)(Cc1cc(F)cc(F)c1)NCCc1cncnc1. The van der Waals surface area contributed by atoms with E-state index in [0.29, 0.717) is 12.5 Å². The number of halogens is 2. The summed E-state index contributed by atoms with van der Waals surface area (Å²) in [6.45, 7) is 0.160. The molecule has 1 aromatic heterocycles. The minimum absolute atomic E-state index is 0.0584. The predicted octanol–water partition coefficient (Wildman–Crippen LogP) is 1.42. The summed E-state index contributed by atoms with van der Waals surface area (Å²) < 4.78 is 52.0. The highest BCUT2D eigenvalue weighted by molar-refractivity contribution is 7.88. The van der Waals surface area contributed by atoms with Crippen molar-refractivity contribution < 1.29 is 17.2 Å². The molecule has 2 aromatic rings. The lowest BCUT2D eigenvalue weighted by molar-refractivity contribution is 0.574. The molecule has 21 heavy (non-hydrogen) atoms. The highest BCUT2D eigenvalue weighted by Crippen LogP contribution is 2.10. The molecule has 1 aromatic carbocycles. The van der Waals surface area contributed by atoms with Crippen LogP contribution < -0.4 is 4.72 Å². The molecule has 0 aliphatic carbocycles. The maximum Gasteiger partial charge on any atom is 0.215 e. The van der Waals surface area contributed by atoms with Crippen LogP contribution in [0, 0.1) is 11.6 Å². The van der Waals surface area contributed by atoms with Gasteiger partial charge in [-0.25, -0.2) is 31.9 Å². The lowest BCUT2D eigenvalue weighted by atomic mass is 10.2. The molecule has 0 radical (unpaired) electrons. The normalized spacial score (nSPS) is 11.5. The van der Waals surface area contributed by atoms with Crippen LogP contribution >= 0.6 is 0 Å². The molecule has 0 atom stereocenters. The number of hydrogen-bond acceptors (Lipinski definition) is 4. The molecule has 0 saturated carbocycles. The van der Waals surface area contributed by atoms with Crippen LogP contribution in [0.3, 0.4) is 0 Å². The van der Waals surface area contributed by atoms with Gasteiger partial charge in [0.25, 0.3) is 0 Å². The molecule has 5 nitrogen and oxygen atoms in total. The maximum atomic E-state index is 13.0. The van der Waals surface area contributed by atoms with E-state index in [1.165, 1.54) is 6.33 Å². The summed E-state index contributed by atoms with van der Waals surface area (Å²) in [6, 6.07) is 2.68. The van der Waals surface area contributed by atoms with Gasteiger partial charge in [0, 0.05) is 25.0 Å². The average molecular weight is 313 g/mol. The smallest absolute Gasteiger partial charge is 0.215 e. The number of rotatable bonds is 6. The molecule has 0 aliphatic heterocycles. The lowest BCUT2D eigenvalue weighted by Crippen LogP contribution is -2.27. The topological polar surface area (TPSA) is 72.0 Å². The van der Waals surface area contributed by atoms with E-state index < -0.39 is 27.4 Å². The molecule has 2 rings (SSSR count). The predicted molar refractivity (Wildman–Crippen MR) is 72.7 cm³/mol. The molecule has 112 valence electrons. The number of hydrogen-bond donors (Lipinski definition) is 1. The molecule has 8 heteroatoms. The van der Waals surface area contributed by atoms with Crippen LogP contribution in [0.1, 0.15) is 11.1 Å². The van der Waals surface area contributed by atoms with Crippen LogP contribution in [0.4, 0.5) is 8.78 Å². The molecule has 0 bridgehead atoms. The molecular weight excluding hydrogens is 300 g/mol. The van der Waals surface area contributed by atoms with Crippen LogP contribution in [0.5, 0.6) is 0 Å². The second-order valence-electron chi connectivity index (χ2n) is 4.43. The van der Waals surface area contributed by atoms with Crippen LogP contribution in [-0.4, -0.2) is 24.9 Å². The van der Waals surface area contributed by atoms with Crippen molar-refractivity contribution in [3.05, 3.63) is 59.7 Å². The highest BCUT2D eigenvalue weighted by Gasteiger charge is 2.12. The van der Waals surface area contributed by atoms with Crippen LogP contribution in [0.15, 0.2) is 36.9 Å². The fourth-order valence-corrected chi connectivity index (χ4v) is 2.90. The van der Waals surface area contributed by atoms with Crippen LogP contribution in [0.2, 0.25) is 0 Å². The minimum atomic E-state index is -3.66. The third-order valence-corrected chi connectivity index (χ3v) is 3.99. The van der Waals surface area contributed by atoms with Gasteiger partial charge in [0.05, 0.1) is 5.75 Å². The molecule has 0 amide bonds. The van der Waals surface area contributed by atoms with Gasteiger partial charge in [0.2, 0.25) is 10.0 Å². The molecule has 0 unspecified atom stereocenters. The number of nitrogens with zero attached hydrogens (tertiary/aromatic N) is 2. The Hall–Kier alpha value is -1.93. The van der Waals surface area contributed by atoms with E-state index in [-0.39, 0.29) is 12.1 Å². The van der Waals surface area contributed by atoms with Gasteiger partial charge in [-0.3, -0.25) is 0 Å². The average Bonchev–Trinajstić information content (AvgIpc) is 2.37. The third-order valence-electron chi connectivity index (χ3n) is 2.63. The Balaban J connectivity index is 1.93. The van der Waals surface area contributed by atoms with Crippen LogP contribution in [0.25, 0.3) is 0 Å². The van der Waals surface area contributed by atoms with Crippen LogP contribution in [-0.2, 0) is 22.2 Å². The summed E-state index contributed by atoms with van der Waals surface area (Å²) in [7, 11) is -3.66. The Labute approximate surface area is 121 Å². The molecule has 1 heterocycles. The zero-order chi connectivity index (χ0) is 15.3. The minimum Gasteiger partial charge on any atom is -0.245 e. The lowest BCUT2D eigenvalue weighted by Gasteiger charge is -2.07. The van der Waals surface area contributed by atoms with Gasteiger partial charge in [-0.15, -0.1) is 0 Å². The molecule has 0 fully saturated rings. The van der Waals surface area contributed by atoms with Gasteiger partial charge in [0.1, 0.15) is 18.0 Å². The highest BCUT2D eigenvalue weighted by atomic mass is 32.2. The molecule has 0 saturated heterocycles. The summed E-state index contributed by atoms with van der Waals surface area (Å²) in [5.41, 5.74) is 0.847. The Morgan fingerprint density at radius 2 is 1.62 bits per heavy atom. The van der Waals surface area contributed by atoms with Crippen molar-refractivity contribution >= 4 is 10.0 Å². The molecule has 0 spiro atoms. The van der Waals surface area contributed by atoms with E-state index in [0.717, 1.165) is 17.7 Å². The van der Waals surface area contributed by atoms with Gasteiger partial charge in [-0.2, -0.15) is 0 Å². The fourth-order valence-electron chi connectivity index (χ4n) is 1.77. The summed E-state index contributed by atoms with van der Waals surface area (Å²) in [5, 5.41) is 0. The molecular formula is C13H13F2N3O2S. The van der Waals surface area contributed by atoms with Crippen molar-refractivity contribution in [1.29, 1.82) is 0 Å². The van der Waals surface area contributed by atoms with E-state index in [2.05, 4.69) is 14.7 Å². The number of aromatic nitrogens is 2. The first-order valence-corrected chi connectivity index (χ1v) is 7.76. The zero-order valence-electron chi connectivity index (χ0n) is 11.0. The Kier molecular flexibility index (Phi) is 4.92. The summed E-state index contributed by atoms with van der Waals surface area (Å²) in [4.78, 5) is 7.63. The Morgan fingerprint density at radius 1 is 1.00 bits per heavy atom. The van der Waals surface area contributed by atoms with Gasteiger partial charge in [-0.05, 0) is 29.7 Å². The largest absolute Gasteiger partial charge is 0.245 e. The van der Waals surface area contributed by atoms with Crippen molar-refractivity contribution in [2.45, 2.75) is 12.2 Å². The number of benzene rings is 1. The van der Waals surface area contributed by atoms with E-state index in [1.54, 1.807) is 12.4 Å². The van der Waals surface area contributed by atoms with Crippen molar-refractivity contribution in [2.24, 2.45) is 0 Å². The zero-order valence-corrected chi connectivity index (χ0v) is 11.8. The van der Waals surface area contributed by atoms with E-state index in [4.69, 9.17) is 0 Å². The second-order valence-corrected chi connectivity index (χ2v) is 6.23. The van der Waals surface area contributed by atoms with E-state index in [9.17, 15) is 17.2 Å². The maximum absolute atomic E-state index is 13.0. The second kappa shape index (κ2) is 6.68. The van der Waals surface area contributed by atoms with Gasteiger partial charge >= 0.3 is 0 Å².